The molecular formula is C14H15FN2O2S. The quantitative estimate of drug-likeness (QED) is 0.849. The number of hydrogen-bond acceptors (Lipinski definition) is 3. The van der Waals surface area contributed by atoms with Crippen molar-refractivity contribution < 1.29 is 12.8 Å². The van der Waals surface area contributed by atoms with Crippen molar-refractivity contribution in [3.8, 4) is 0 Å². The van der Waals surface area contributed by atoms with Crippen molar-refractivity contribution in [2.45, 2.75) is 18.4 Å². The van der Waals surface area contributed by atoms with E-state index in [0.717, 1.165) is 6.07 Å². The van der Waals surface area contributed by atoms with Crippen molar-refractivity contribution in [3.63, 3.8) is 0 Å². The average molecular weight is 294 g/mol. The third kappa shape index (κ3) is 3.15. The molecule has 0 atom stereocenters. The second-order valence-electron chi connectivity index (χ2n) is 4.43. The van der Waals surface area contributed by atoms with E-state index in [2.05, 4.69) is 4.72 Å². The molecular weight excluding hydrogens is 279 g/mol. The summed E-state index contributed by atoms with van der Waals surface area (Å²) in [5.74, 6) is -0.464. The Bertz CT molecular complexity index is 730. The fourth-order valence-electron chi connectivity index (χ4n) is 1.86. The molecule has 0 aliphatic rings. The van der Waals surface area contributed by atoms with Crippen LogP contribution >= 0.6 is 0 Å². The third-order valence-electron chi connectivity index (χ3n) is 2.93. The van der Waals surface area contributed by atoms with Crippen molar-refractivity contribution in [3.05, 3.63) is 59.4 Å². The number of sulfonamides is 1. The fourth-order valence-corrected chi connectivity index (χ4v) is 3.09. The number of rotatable bonds is 4. The van der Waals surface area contributed by atoms with Crippen LogP contribution in [0, 0.1) is 12.7 Å². The van der Waals surface area contributed by atoms with Gasteiger partial charge >= 0.3 is 0 Å². The molecule has 2 aromatic carbocycles. The van der Waals surface area contributed by atoms with E-state index in [1.54, 1.807) is 31.2 Å². The van der Waals surface area contributed by atoms with E-state index in [-0.39, 0.29) is 11.4 Å². The zero-order chi connectivity index (χ0) is 14.8. The van der Waals surface area contributed by atoms with Gasteiger partial charge < -0.3 is 5.73 Å². The van der Waals surface area contributed by atoms with Gasteiger partial charge in [-0.05, 0) is 42.3 Å². The number of nitrogens with two attached hydrogens (primary N) is 1. The summed E-state index contributed by atoms with van der Waals surface area (Å²) in [4.78, 5) is 0.0633. The van der Waals surface area contributed by atoms with E-state index in [0.29, 0.717) is 16.8 Å². The number of para-hydroxylation sites is 1. The number of aryl methyl sites for hydroxylation is 1. The first-order valence-electron chi connectivity index (χ1n) is 5.99. The van der Waals surface area contributed by atoms with Gasteiger partial charge in [0.15, 0.2) is 0 Å². The Hall–Kier alpha value is -1.92. The van der Waals surface area contributed by atoms with Crippen molar-refractivity contribution >= 4 is 15.7 Å². The average Bonchev–Trinajstić information content (AvgIpc) is 2.37. The molecule has 0 bridgehead atoms. The van der Waals surface area contributed by atoms with Crippen LogP contribution in [0.5, 0.6) is 0 Å². The summed E-state index contributed by atoms with van der Waals surface area (Å²) in [7, 11) is -3.69. The van der Waals surface area contributed by atoms with E-state index in [1.807, 2.05) is 0 Å². The monoisotopic (exact) mass is 294 g/mol. The third-order valence-corrected chi connectivity index (χ3v) is 4.50. The number of nitrogens with one attached hydrogen (secondary N) is 1. The van der Waals surface area contributed by atoms with Gasteiger partial charge in [0.2, 0.25) is 10.0 Å². The molecule has 2 aromatic rings. The SMILES string of the molecule is Cc1cc(F)ccc1S(=O)(=O)NCc1ccccc1N. The number of halogens is 1. The molecule has 0 spiro atoms. The summed E-state index contributed by atoms with van der Waals surface area (Å²) < 4.78 is 39.8. The van der Waals surface area contributed by atoms with Gasteiger partial charge in [-0.15, -0.1) is 0 Å². The van der Waals surface area contributed by atoms with Gasteiger partial charge in [-0.1, -0.05) is 18.2 Å². The lowest BCUT2D eigenvalue weighted by atomic mass is 10.2. The van der Waals surface area contributed by atoms with Gasteiger partial charge in [-0.3, -0.25) is 0 Å². The first-order chi connectivity index (χ1) is 9.40. The van der Waals surface area contributed by atoms with Crippen LogP contribution in [-0.2, 0) is 16.6 Å². The molecule has 0 aliphatic heterocycles. The molecule has 106 valence electrons. The Kier molecular flexibility index (Phi) is 4.06. The van der Waals surface area contributed by atoms with E-state index in [9.17, 15) is 12.8 Å². The number of benzene rings is 2. The lowest BCUT2D eigenvalue weighted by molar-refractivity contribution is 0.579. The first-order valence-corrected chi connectivity index (χ1v) is 7.47. The highest BCUT2D eigenvalue weighted by atomic mass is 32.2. The second kappa shape index (κ2) is 5.60. The Morgan fingerprint density at radius 1 is 1.20 bits per heavy atom. The van der Waals surface area contributed by atoms with E-state index < -0.39 is 15.8 Å². The molecule has 0 unspecified atom stereocenters. The summed E-state index contributed by atoms with van der Waals surface area (Å²) in [6.45, 7) is 1.64. The van der Waals surface area contributed by atoms with Crippen LogP contribution in [-0.4, -0.2) is 8.42 Å². The minimum absolute atomic E-state index is 0.0633. The van der Waals surface area contributed by atoms with Crippen LogP contribution in [0.3, 0.4) is 0 Å². The fraction of sp³-hybridized carbons (Fsp3) is 0.143. The molecule has 0 amide bonds. The van der Waals surface area contributed by atoms with E-state index in [1.165, 1.54) is 12.1 Å². The smallest absolute Gasteiger partial charge is 0.241 e. The highest BCUT2D eigenvalue weighted by Crippen LogP contribution is 2.17. The molecule has 0 aliphatic carbocycles. The van der Waals surface area contributed by atoms with Gasteiger partial charge in [0.25, 0.3) is 0 Å². The minimum Gasteiger partial charge on any atom is -0.398 e. The number of nitrogen functional groups attached to an aromatic ring is 1. The highest BCUT2D eigenvalue weighted by Gasteiger charge is 2.17. The topological polar surface area (TPSA) is 72.2 Å². The standard InChI is InChI=1S/C14H15FN2O2S/c1-10-8-12(15)6-7-14(10)20(18,19)17-9-11-4-2-3-5-13(11)16/h2-8,17H,9,16H2,1H3. The highest BCUT2D eigenvalue weighted by molar-refractivity contribution is 7.89. The van der Waals surface area contributed by atoms with E-state index >= 15 is 0 Å². The Labute approximate surface area is 117 Å². The van der Waals surface area contributed by atoms with Gasteiger partial charge in [0.05, 0.1) is 4.90 Å². The zero-order valence-corrected chi connectivity index (χ0v) is 11.7. The Morgan fingerprint density at radius 3 is 2.55 bits per heavy atom. The zero-order valence-electron chi connectivity index (χ0n) is 10.9. The van der Waals surface area contributed by atoms with Crippen LogP contribution < -0.4 is 10.5 Å². The molecule has 4 nitrogen and oxygen atoms in total. The molecule has 0 saturated heterocycles. The molecule has 0 heterocycles. The van der Waals surface area contributed by atoms with Crippen molar-refractivity contribution in [2.24, 2.45) is 0 Å². The van der Waals surface area contributed by atoms with Crippen LogP contribution in [0.4, 0.5) is 10.1 Å². The minimum atomic E-state index is -3.69. The van der Waals surface area contributed by atoms with Crippen molar-refractivity contribution in [1.29, 1.82) is 0 Å². The van der Waals surface area contributed by atoms with Crippen molar-refractivity contribution in [2.75, 3.05) is 5.73 Å². The molecule has 20 heavy (non-hydrogen) atoms. The molecule has 6 heteroatoms. The van der Waals surface area contributed by atoms with Gasteiger partial charge in [-0.2, -0.15) is 0 Å². The summed E-state index contributed by atoms with van der Waals surface area (Å²) in [6, 6.07) is 10.6. The predicted molar refractivity (Wildman–Crippen MR) is 76.0 cm³/mol. The molecule has 0 radical (unpaired) electrons. The lowest BCUT2D eigenvalue weighted by Crippen LogP contribution is -2.24. The second-order valence-corrected chi connectivity index (χ2v) is 6.17. The number of anilines is 1. The summed E-state index contributed by atoms with van der Waals surface area (Å²) in [6.07, 6.45) is 0. The Morgan fingerprint density at radius 2 is 1.90 bits per heavy atom. The maximum absolute atomic E-state index is 13.0. The van der Waals surface area contributed by atoms with Crippen LogP contribution in [0.1, 0.15) is 11.1 Å². The summed E-state index contributed by atoms with van der Waals surface area (Å²) >= 11 is 0. The van der Waals surface area contributed by atoms with Crippen LogP contribution in [0.15, 0.2) is 47.4 Å². The molecule has 0 fully saturated rings. The van der Waals surface area contributed by atoms with Crippen LogP contribution in [0.25, 0.3) is 0 Å². The first kappa shape index (κ1) is 14.5. The van der Waals surface area contributed by atoms with Crippen LogP contribution in [0.2, 0.25) is 0 Å². The van der Waals surface area contributed by atoms with E-state index in [4.69, 9.17) is 5.73 Å². The van der Waals surface area contributed by atoms with Gasteiger partial charge in [0, 0.05) is 12.2 Å². The lowest BCUT2D eigenvalue weighted by Gasteiger charge is -2.10. The normalized spacial score (nSPS) is 11.5. The Balaban J connectivity index is 2.22. The molecule has 2 rings (SSSR count). The maximum atomic E-state index is 13.0. The van der Waals surface area contributed by atoms with Gasteiger partial charge in [0.1, 0.15) is 5.82 Å². The summed E-state index contributed by atoms with van der Waals surface area (Å²) in [5, 5.41) is 0. The summed E-state index contributed by atoms with van der Waals surface area (Å²) in [5.41, 5.74) is 7.32. The molecule has 0 aromatic heterocycles. The molecule has 3 N–H and O–H groups in total. The maximum Gasteiger partial charge on any atom is 0.241 e. The predicted octanol–water partition coefficient (Wildman–Crippen LogP) is 2.19. The van der Waals surface area contributed by atoms with Gasteiger partial charge in [-0.25, -0.2) is 17.5 Å². The molecule has 0 saturated carbocycles. The largest absolute Gasteiger partial charge is 0.398 e. The van der Waals surface area contributed by atoms with Crippen molar-refractivity contribution in [1.82, 2.24) is 4.72 Å². The number of hydrogen-bond donors (Lipinski definition) is 2.